The van der Waals surface area contributed by atoms with Gasteiger partial charge in [-0.05, 0) is 30.8 Å². The quantitative estimate of drug-likeness (QED) is 0.805. The second-order valence-electron chi connectivity index (χ2n) is 4.56. The number of aromatic nitrogens is 2. The molecule has 0 saturated heterocycles. The molecule has 108 valence electrons. The van der Waals surface area contributed by atoms with Crippen LogP contribution in [-0.4, -0.2) is 29.1 Å². The number of amides is 1. The molecule has 20 heavy (non-hydrogen) atoms. The van der Waals surface area contributed by atoms with Gasteiger partial charge in [-0.15, -0.1) is 0 Å². The third kappa shape index (κ3) is 3.19. The molecule has 0 saturated carbocycles. The fraction of sp³-hybridized carbons (Fsp3) is 0.429. The zero-order valence-corrected chi connectivity index (χ0v) is 12.5. The first kappa shape index (κ1) is 14.6. The van der Waals surface area contributed by atoms with E-state index in [1.165, 1.54) is 0 Å². The van der Waals surface area contributed by atoms with E-state index < -0.39 is 0 Å². The van der Waals surface area contributed by atoms with Crippen LogP contribution in [0.1, 0.15) is 19.8 Å². The van der Waals surface area contributed by atoms with Crippen molar-refractivity contribution in [2.75, 3.05) is 13.7 Å². The second kappa shape index (κ2) is 6.56. The van der Waals surface area contributed by atoms with Crippen LogP contribution in [0.15, 0.2) is 18.2 Å². The Kier molecular flexibility index (Phi) is 4.79. The zero-order chi connectivity index (χ0) is 14.5. The Hall–Kier alpha value is -1.82. The van der Waals surface area contributed by atoms with E-state index >= 15 is 0 Å². The van der Waals surface area contributed by atoms with Crippen molar-refractivity contribution in [2.24, 2.45) is 0 Å². The highest BCUT2D eigenvalue weighted by Gasteiger charge is 2.07. The number of rotatable bonds is 6. The molecule has 2 N–H and O–H groups in total. The number of hydrogen-bond donors (Lipinski definition) is 2. The molecule has 0 fully saturated rings. The lowest BCUT2D eigenvalue weighted by atomic mass is 10.3. The predicted octanol–water partition coefficient (Wildman–Crippen LogP) is 2.62. The van der Waals surface area contributed by atoms with Gasteiger partial charge < -0.3 is 19.6 Å². The summed E-state index contributed by atoms with van der Waals surface area (Å²) < 4.78 is 7.75. The number of aromatic amines is 1. The first-order valence-electron chi connectivity index (χ1n) is 6.69. The number of hydrogen-bond acceptors (Lipinski definition) is 3. The minimum atomic E-state index is 0.0524. The Morgan fingerprint density at radius 1 is 1.50 bits per heavy atom. The van der Waals surface area contributed by atoms with Gasteiger partial charge in [0.25, 0.3) is 0 Å². The highest BCUT2D eigenvalue weighted by molar-refractivity contribution is 7.71. The first-order chi connectivity index (χ1) is 9.65. The molecule has 1 heterocycles. The third-order valence-corrected chi connectivity index (χ3v) is 3.44. The van der Waals surface area contributed by atoms with Gasteiger partial charge in [-0.2, -0.15) is 0 Å². The van der Waals surface area contributed by atoms with Gasteiger partial charge in [-0.25, -0.2) is 0 Å². The summed E-state index contributed by atoms with van der Waals surface area (Å²) in [6.45, 7) is 3.32. The molecule has 0 bridgehead atoms. The van der Waals surface area contributed by atoms with Crippen LogP contribution in [0, 0.1) is 4.77 Å². The van der Waals surface area contributed by atoms with Gasteiger partial charge >= 0.3 is 0 Å². The number of nitrogens with one attached hydrogen (secondary N) is 2. The molecule has 0 unspecified atom stereocenters. The summed E-state index contributed by atoms with van der Waals surface area (Å²) in [5.41, 5.74) is 1.91. The molecule has 0 aliphatic heterocycles. The summed E-state index contributed by atoms with van der Waals surface area (Å²) >= 11 is 5.31. The maximum absolute atomic E-state index is 11.7. The lowest BCUT2D eigenvalue weighted by Crippen LogP contribution is -2.25. The maximum Gasteiger partial charge on any atom is 0.221 e. The van der Waals surface area contributed by atoms with Crippen molar-refractivity contribution >= 4 is 29.2 Å². The van der Waals surface area contributed by atoms with Crippen molar-refractivity contribution in [1.82, 2.24) is 14.9 Å². The Labute approximate surface area is 122 Å². The van der Waals surface area contributed by atoms with Crippen LogP contribution in [-0.2, 0) is 11.3 Å². The average Bonchev–Trinajstić information content (AvgIpc) is 2.77. The largest absolute Gasteiger partial charge is 0.497 e. The van der Waals surface area contributed by atoms with Gasteiger partial charge in [0.1, 0.15) is 5.75 Å². The Balaban J connectivity index is 2.16. The normalized spacial score (nSPS) is 10.7. The van der Waals surface area contributed by atoms with Crippen LogP contribution in [0.25, 0.3) is 11.0 Å². The van der Waals surface area contributed by atoms with E-state index in [1.54, 1.807) is 7.11 Å². The summed E-state index contributed by atoms with van der Waals surface area (Å²) in [4.78, 5) is 14.8. The molecule has 2 rings (SSSR count). The molecule has 2 aromatic rings. The Bertz CT molecular complexity index is 660. The second-order valence-corrected chi connectivity index (χ2v) is 4.95. The smallest absolute Gasteiger partial charge is 0.221 e. The summed E-state index contributed by atoms with van der Waals surface area (Å²) in [6.07, 6.45) is 1.37. The molecular formula is C14H19N3O2S. The molecule has 1 amide bonds. The van der Waals surface area contributed by atoms with E-state index in [0.29, 0.717) is 17.7 Å². The van der Waals surface area contributed by atoms with Crippen molar-refractivity contribution in [2.45, 2.75) is 26.3 Å². The number of methoxy groups -OCH3 is 1. The van der Waals surface area contributed by atoms with Gasteiger partial charge in [0, 0.05) is 25.6 Å². The fourth-order valence-corrected chi connectivity index (χ4v) is 2.36. The van der Waals surface area contributed by atoms with E-state index in [9.17, 15) is 4.79 Å². The monoisotopic (exact) mass is 293 g/mol. The zero-order valence-electron chi connectivity index (χ0n) is 11.7. The molecule has 6 heteroatoms. The number of fused-ring (bicyclic) bond motifs is 1. The summed E-state index contributed by atoms with van der Waals surface area (Å²) in [6, 6.07) is 5.74. The van der Waals surface area contributed by atoms with Gasteiger partial charge in [-0.3, -0.25) is 4.79 Å². The van der Waals surface area contributed by atoms with Gasteiger partial charge in [0.05, 0.1) is 18.1 Å². The van der Waals surface area contributed by atoms with Crippen LogP contribution in [0.3, 0.4) is 0 Å². The molecule has 0 radical (unpaired) electrons. The molecule has 0 spiro atoms. The Morgan fingerprint density at radius 2 is 2.30 bits per heavy atom. The number of H-pyrrole nitrogens is 1. The molecule has 0 aliphatic rings. The molecule has 0 atom stereocenters. The van der Waals surface area contributed by atoms with Crippen molar-refractivity contribution in [3.05, 3.63) is 23.0 Å². The molecular weight excluding hydrogens is 274 g/mol. The van der Waals surface area contributed by atoms with Crippen molar-refractivity contribution in [1.29, 1.82) is 0 Å². The van der Waals surface area contributed by atoms with E-state index in [1.807, 2.05) is 29.7 Å². The fourth-order valence-electron chi connectivity index (χ4n) is 2.06. The molecule has 0 aliphatic carbocycles. The number of carbonyl (C=O) groups excluding carboxylic acids is 1. The minimum absolute atomic E-state index is 0.0524. The maximum atomic E-state index is 11.7. The van der Waals surface area contributed by atoms with Crippen LogP contribution in [0.4, 0.5) is 0 Å². The number of carbonyl (C=O) groups is 1. The van der Waals surface area contributed by atoms with Gasteiger partial charge in [-0.1, -0.05) is 6.92 Å². The average molecular weight is 293 g/mol. The van der Waals surface area contributed by atoms with E-state index in [-0.39, 0.29) is 5.91 Å². The summed E-state index contributed by atoms with van der Waals surface area (Å²) in [5.74, 6) is 0.832. The topological polar surface area (TPSA) is 59.0 Å². The van der Waals surface area contributed by atoms with Crippen molar-refractivity contribution < 1.29 is 9.53 Å². The third-order valence-electron chi connectivity index (χ3n) is 3.12. The number of aryl methyl sites for hydroxylation is 1. The molecule has 1 aromatic carbocycles. The lowest BCUT2D eigenvalue weighted by Gasteiger charge is -2.06. The van der Waals surface area contributed by atoms with Crippen LogP contribution < -0.4 is 10.1 Å². The highest BCUT2D eigenvalue weighted by atomic mass is 32.1. The first-order valence-corrected chi connectivity index (χ1v) is 7.09. The SMILES string of the molecule is CCCNC(=O)CCn1c(=S)[nH]c2cc(OC)ccc21. The van der Waals surface area contributed by atoms with Crippen LogP contribution >= 0.6 is 12.2 Å². The molecule has 5 nitrogen and oxygen atoms in total. The Morgan fingerprint density at radius 3 is 3.00 bits per heavy atom. The van der Waals surface area contributed by atoms with Crippen LogP contribution in [0.5, 0.6) is 5.75 Å². The predicted molar refractivity (Wildman–Crippen MR) is 81.6 cm³/mol. The number of ether oxygens (including phenoxy) is 1. The summed E-state index contributed by atoms with van der Waals surface area (Å²) in [7, 11) is 1.63. The van der Waals surface area contributed by atoms with Gasteiger partial charge in [0.15, 0.2) is 4.77 Å². The molecule has 1 aromatic heterocycles. The standard InChI is InChI=1S/C14H19N3O2S/c1-3-7-15-13(18)6-8-17-12-5-4-10(19-2)9-11(12)16-14(17)20/h4-5,9H,3,6-8H2,1-2H3,(H,15,18)(H,16,20). The van der Waals surface area contributed by atoms with Crippen molar-refractivity contribution in [3.63, 3.8) is 0 Å². The highest BCUT2D eigenvalue weighted by Crippen LogP contribution is 2.20. The van der Waals surface area contributed by atoms with E-state index in [4.69, 9.17) is 17.0 Å². The number of imidazole rings is 1. The van der Waals surface area contributed by atoms with E-state index in [2.05, 4.69) is 10.3 Å². The van der Waals surface area contributed by atoms with Crippen LogP contribution in [0.2, 0.25) is 0 Å². The number of benzene rings is 1. The number of nitrogens with zero attached hydrogens (tertiary/aromatic N) is 1. The lowest BCUT2D eigenvalue weighted by molar-refractivity contribution is -0.121. The van der Waals surface area contributed by atoms with Gasteiger partial charge in [0.2, 0.25) is 5.91 Å². The van der Waals surface area contributed by atoms with Crippen molar-refractivity contribution in [3.8, 4) is 5.75 Å². The summed E-state index contributed by atoms with van der Waals surface area (Å²) in [5, 5.41) is 2.86. The van der Waals surface area contributed by atoms with E-state index in [0.717, 1.165) is 29.7 Å². The minimum Gasteiger partial charge on any atom is -0.497 e.